The molecule has 5 rings (SSSR count). The lowest BCUT2D eigenvalue weighted by Crippen LogP contribution is -2.04. The molecule has 4 aromatic carbocycles. The first-order valence-corrected chi connectivity index (χ1v) is 9.60. The van der Waals surface area contributed by atoms with Crippen LogP contribution in [0.25, 0.3) is 21.5 Å². The Bertz CT molecular complexity index is 1330. The number of nitrogens with zero attached hydrogens (tertiary/aromatic N) is 3. The van der Waals surface area contributed by atoms with Gasteiger partial charge in [-0.25, -0.2) is 4.98 Å². The maximum Gasteiger partial charge on any atom is 0.373 e. The summed E-state index contributed by atoms with van der Waals surface area (Å²) in [6, 6.07) is 26.7. The van der Waals surface area contributed by atoms with Gasteiger partial charge >= 0.3 is 11.6 Å². The Morgan fingerprint density at radius 3 is 2.19 bits per heavy atom. The number of anilines is 2. The zero-order chi connectivity index (χ0) is 21.2. The minimum absolute atomic E-state index is 0.0617. The maximum absolute atomic E-state index is 12.0. The largest absolute Gasteiger partial charge is 0.433 e. The van der Waals surface area contributed by atoms with Crippen LogP contribution in [-0.4, -0.2) is 14.9 Å². The lowest BCUT2D eigenvalue weighted by atomic mass is 10.1. The van der Waals surface area contributed by atoms with E-state index in [2.05, 4.69) is 15.3 Å². The third-order valence-corrected chi connectivity index (χ3v) is 4.97. The minimum atomic E-state index is -0.534. The molecule has 1 N–H and O–H groups in total. The highest BCUT2D eigenvalue weighted by Crippen LogP contribution is 2.38. The number of aromatic nitrogens is 2. The van der Waals surface area contributed by atoms with Crippen LogP contribution in [0.1, 0.15) is 0 Å². The summed E-state index contributed by atoms with van der Waals surface area (Å²) in [5, 5.41) is 18.8. The molecule has 5 aromatic rings. The number of ether oxygens (including phenoxy) is 1. The number of nitro groups is 1. The van der Waals surface area contributed by atoms with Crippen molar-refractivity contribution in [2.75, 3.05) is 5.32 Å². The molecule has 0 radical (unpaired) electrons. The highest BCUT2D eigenvalue weighted by Gasteiger charge is 2.26. The molecule has 0 amide bonds. The maximum atomic E-state index is 12.0. The van der Waals surface area contributed by atoms with Crippen LogP contribution in [0.15, 0.2) is 91.3 Å². The van der Waals surface area contributed by atoms with Crippen molar-refractivity contribution in [3.8, 4) is 11.6 Å². The fourth-order valence-electron chi connectivity index (χ4n) is 3.54. The summed E-state index contributed by atoms with van der Waals surface area (Å²) < 4.78 is 5.92. The number of hydrogen-bond acceptors (Lipinski definition) is 6. The summed E-state index contributed by atoms with van der Waals surface area (Å²) in [5.41, 5.74) is 0.374. The van der Waals surface area contributed by atoms with E-state index in [1.54, 1.807) is 6.07 Å². The number of fused-ring (bicyclic) bond motifs is 2. The highest BCUT2D eigenvalue weighted by molar-refractivity contribution is 5.95. The zero-order valence-corrected chi connectivity index (χ0v) is 16.2. The number of benzene rings is 4. The van der Waals surface area contributed by atoms with Gasteiger partial charge in [0, 0.05) is 16.5 Å². The molecule has 0 aliphatic heterocycles. The molecule has 150 valence electrons. The molecule has 0 aliphatic carbocycles. The standard InChI is InChI=1S/C24H16N4O3/c29-28(30)22-23(27-20-13-5-9-16-7-1-3-11-18(16)20)25-15-26-24(22)31-21-14-6-10-17-8-2-4-12-19(17)21/h1-15H,(H,25,26,27). The molecule has 0 spiro atoms. The van der Waals surface area contributed by atoms with Crippen LogP contribution in [0.2, 0.25) is 0 Å². The van der Waals surface area contributed by atoms with E-state index >= 15 is 0 Å². The summed E-state index contributed by atoms with van der Waals surface area (Å²) in [7, 11) is 0. The van der Waals surface area contributed by atoms with Gasteiger partial charge in [0.1, 0.15) is 12.1 Å². The van der Waals surface area contributed by atoms with Crippen molar-refractivity contribution in [2.24, 2.45) is 0 Å². The average molecular weight is 408 g/mol. The molecule has 7 nitrogen and oxygen atoms in total. The topological polar surface area (TPSA) is 90.2 Å². The van der Waals surface area contributed by atoms with Crippen LogP contribution in [0, 0.1) is 10.1 Å². The van der Waals surface area contributed by atoms with Gasteiger partial charge in [-0.3, -0.25) is 10.1 Å². The third-order valence-electron chi connectivity index (χ3n) is 4.97. The van der Waals surface area contributed by atoms with Gasteiger partial charge in [0.15, 0.2) is 0 Å². The second-order valence-electron chi connectivity index (χ2n) is 6.86. The van der Waals surface area contributed by atoms with Crippen molar-refractivity contribution in [3.05, 3.63) is 101 Å². The van der Waals surface area contributed by atoms with Gasteiger partial charge in [-0.2, -0.15) is 4.98 Å². The monoisotopic (exact) mass is 408 g/mol. The summed E-state index contributed by atoms with van der Waals surface area (Å²) in [6.45, 7) is 0. The molecular formula is C24H16N4O3. The van der Waals surface area contributed by atoms with Gasteiger partial charge in [0.05, 0.1) is 4.92 Å². The first-order valence-electron chi connectivity index (χ1n) is 9.60. The fraction of sp³-hybridized carbons (Fsp3) is 0. The van der Waals surface area contributed by atoms with Crippen molar-refractivity contribution in [2.45, 2.75) is 0 Å². The second-order valence-corrected chi connectivity index (χ2v) is 6.86. The molecule has 0 saturated heterocycles. The van der Waals surface area contributed by atoms with Crippen molar-refractivity contribution in [1.82, 2.24) is 9.97 Å². The van der Waals surface area contributed by atoms with E-state index in [-0.39, 0.29) is 17.4 Å². The fourth-order valence-corrected chi connectivity index (χ4v) is 3.54. The lowest BCUT2D eigenvalue weighted by Gasteiger charge is -2.12. The molecule has 0 unspecified atom stereocenters. The molecule has 0 aliphatic rings. The number of rotatable bonds is 5. The predicted octanol–water partition coefficient (Wildman–Crippen LogP) is 6.23. The van der Waals surface area contributed by atoms with Gasteiger partial charge in [-0.05, 0) is 22.9 Å². The molecule has 0 fully saturated rings. The predicted molar refractivity (Wildman–Crippen MR) is 120 cm³/mol. The molecule has 0 bridgehead atoms. The Labute approximate surface area is 177 Å². The Kier molecular flexibility index (Phi) is 4.61. The summed E-state index contributed by atoms with van der Waals surface area (Å²) >= 11 is 0. The average Bonchev–Trinajstić information content (AvgIpc) is 2.79. The van der Waals surface area contributed by atoms with Crippen LogP contribution in [0.3, 0.4) is 0 Å². The van der Waals surface area contributed by atoms with E-state index in [1.165, 1.54) is 6.33 Å². The first-order chi connectivity index (χ1) is 15.2. The Balaban J connectivity index is 1.59. The van der Waals surface area contributed by atoms with E-state index in [9.17, 15) is 10.1 Å². The molecule has 0 saturated carbocycles. The van der Waals surface area contributed by atoms with Gasteiger partial charge < -0.3 is 10.1 Å². The summed E-state index contributed by atoms with van der Waals surface area (Å²) in [4.78, 5) is 19.6. The van der Waals surface area contributed by atoms with Crippen molar-refractivity contribution >= 4 is 38.7 Å². The van der Waals surface area contributed by atoms with E-state index in [0.29, 0.717) is 11.4 Å². The molecule has 1 aromatic heterocycles. The van der Waals surface area contributed by atoms with Crippen LogP contribution >= 0.6 is 0 Å². The van der Waals surface area contributed by atoms with E-state index in [4.69, 9.17) is 4.74 Å². The molecule has 7 heteroatoms. The van der Waals surface area contributed by atoms with Crippen LogP contribution in [0.4, 0.5) is 17.2 Å². The SMILES string of the molecule is O=[N+]([O-])c1c(Nc2cccc3ccccc23)ncnc1Oc1cccc2ccccc12. The van der Waals surface area contributed by atoms with Crippen LogP contribution < -0.4 is 10.1 Å². The van der Waals surface area contributed by atoms with Crippen LogP contribution in [0.5, 0.6) is 11.6 Å². The second kappa shape index (κ2) is 7.72. The minimum Gasteiger partial charge on any atom is -0.433 e. The highest BCUT2D eigenvalue weighted by atomic mass is 16.6. The van der Waals surface area contributed by atoms with Crippen LogP contribution in [-0.2, 0) is 0 Å². The van der Waals surface area contributed by atoms with Crippen molar-refractivity contribution in [1.29, 1.82) is 0 Å². The molecule has 31 heavy (non-hydrogen) atoms. The molecule has 1 heterocycles. The van der Waals surface area contributed by atoms with E-state index in [1.807, 2.05) is 78.9 Å². The summed E-state index contributed by atoms with van der Waals surface area (Å²) in [5.74, 6) is 0.418. The normalized spacial score (nSPS) is 10.8. The van der Waals surface area contributed by atoms with Crippen molar-refractivity contribution in [3.63, 3.8) is 0 Å². The third kappa shape index (κ3) is 3.49. The Hall–Kier alpha value is -4.52. The lowest BCUT2D eigenvalue weighted by molar-refractivity contribution is -0.385. The van der Waals surface area contributed by atoms with Gasteiger partial charge in [0.2, 0.25) is 5.82 Å². The van der Waals surface area contributed by atoms with Gasteiger partial charge in [0.25, 0.3) is 0 Å². The number of hydrogen-bond donors (Lipinski definition) is 1. The Morgan fingerprint density at radius 1 is 0.774 bits per heavy atom. The van der Waals surface area contributed by atoms with Gasteiger partial charge in [-0.1, -0.05) is 72.8 Å². The molecule has 0 atom stereocenters. The van der Waals surface area contributed by atoms with Gasteiger partial charge in [-0.15, -0.1) is 0 Å². The Morgan fingerprint density at radius 2 is 1.42 bits per heavy atom. The van der Waals surface area contributed by atoms with Crippen molar-refractivity contribution < 1.29 is 9.66 Å². The quantitative estimate of drug-likeness (QED) is 0.274. The van der Waals surface area contributed by atoms with E-state index in [0.717, 1.165) is 21.5 Å². The molecular weight excluding hydrogens is 392 g/mol. The summed E-state index contributed by atoms with van der Waals surface area (Å²) in [6.07, 6.45) is 1.25. The van der Waals surface area contributed by atoms with E-state index < -0.39 is 4.92 Å². The number of nitrogens with one attached hydrogen (secondary N) is 1. The first kappa shape index (κ1) is 18.5. The smallest absolute Gasteiger partial charge is 0.373 e. The zero-order valence-electron chi connectivity index (χ0n) is 16.2.